The molecule has 9 heteroatoms. The van der Waals surface area contributed by atoms with Gasteiger partial charge >= 0.3 is 5.69 Å². The van der Waals surface area contributed by atoms with Crippen LogP contribution in [0.5, 0.6) is 0 Å². The monoisotopic (exact) mass is 271 g/mol. The van der Waals surface area contributed by atoms with Crippen molar-refractivity contribution in [3.05, 3.63) is 15.8 Å². The molecular weight excluding hydrogens is 254 g/mol. The summed E-state index contributed by atoms with van der Waals surface area (Å²) < 4.78 is 1.45. The minimum Gasteiger partial charge on any atom is -0.381 e. The second kappa shape index (κ2) is 6.14. The zero-order chi connectivity index (χ0) is 14.6. The minimum absolute atomic E-state index is 0.162. The number of nitrogens with two attached hydrogens (primary N) is 1. The van der Waals surface area contributed by atoms with Crippen LogP contribution in [0.25, 0.3) is 0 Å². The number of hydrogen-bond acceptors (Lipinski definition) is 6. The molecule has 1 heterocycles. The third-order valence-corrected chi connectivity index (χ3v) is 2.51. The van der Waals surface area contributed by atoms with Gasteiger partial charge in [0.15, 0.2) is 0 Å². The van der Waals surface area contributed by atoms with Crippen molar-refractivity contribution in [2.45, 2.75) is 32.9 Å². The molecule has 0 fully saturated rings. The van der Waals surface area contributed by atoms with Crippen molar-refractivity contribution < 1.29 is 14.8 Å². The Morgan fingerprint density at radius 3 is 2.79 bits per heavy atom. The molecule has 0 aliphatic heterocycles. The zero-order valence-electron chi connectivity index (χ0n) is 10.8. The van der Waals surface area contributed by atoms with E-state index in [1.165, 1.54) is 11.6 Å². The van der Waals surface area contributed by atoms with Gasteiger partial charge in [-0.15, -0.1) is 0 Å². The van der Waals surface area contributed by atoms with Crippen LogP contribution >= 0.6 is 0 Å². The number of nitrogens with one attached hydrogen (secondary N) is 1. The number of rotatable bonds is 7. The molecule has 9 nitrogen and oxygen atoms in total. The highest BCUT2D eigenvalue weighted by Crippen LogP contribution is 2.28. The Balaban J connectivity index is 3.01. The summed E-state index contributed by atoms with van der Waals surface area (Å²) in [5.74, 6) is -0.724. The summed E-state index contributed by atoms with van der Waals surface area (Å²) in [5, 5.41) is 27.0. The van der Waals surface area contributed by atoms with Crippen LogP contribution in [-0.2, 0) is 11.3 Å². The number of carbonyl (C=O) groups excluding carboxylic acids is 1. The Bertz CT molecular complexity index is 485. The molecule has 0 aliphatic rings. The highest BCUT2D eigenvalue weighted by molar-refractivity contribution is 5.79. The Morgan fingerprint density at radius 2 is 2.32 bits per heavy atom. The molecule has 0 saturated carbocycles. The molecule has 0 spiro atoms. The zero-order valence-corrected chi connectivity index (χ0v) is 10.8. The van der Waals surface area contributed by atoms with Crippen molar-refractivity contribution in [3.8, 4) is 0 Å². The molecular formula is C10H17N5O4. The van der Waals surface area contributed by atoms with E-state index >= 15 is 0 Å². The fraction of sp³-hybridized carbons (Fsp3) is 0.600. The number of aryl methyl sites for hydroxylation is 2. The van der Waals surface area contributed by atoms with Crippen molar-refractivity contribution in [1.29, 1.82) is 0 Å². The maximum atomic E-state index is 11.0. The van der Waals surface area contributed by atoms with E-state index in [1.54, 1.807) is 0 Å². The van der Waals surface area contributed by atoms with Crippen molar-refractivity contribution in [2.24, 2.45) is 5.73 Å². The normalized spacial score (nSPS) is 12.2. The van der Waals surface area contributed by atoms with E-state index in [-0.39, 0.29) is 23.7 Å². The van der Waals surface area contributed by atoms with Gasteiger partial charge in [0.1, 0.15) is 11.8 Å². The van der Waals surface area contributed by atoms with Gasteiger partial charge in [-0.1, -0.05) is 6.92 Å². The van der Waals surface area contributed by atoms with E-state index in [4.69, 9.17) is 5.73 Å². The largest absolute Gasteiger partial charge is 0.381 e. The molecule has 0 saturated heterocycles. The number of carbonyl (C=O) groups is 1. The van der Waals surface area contributed by atoms with Gasteiger partial charge in [-0.3, -0.25) is 14.9 Å². The van der Waals surface area contributed by atoms with Crippen molar-refractivity contribution >= 4 is 17.4 Å². The minimum atomic E-state index is -1.41. The summed E-state index contributed by atoms with van der Waals surface area (Å²) in [6.45, 7) is 3.72. The maximum Gasteiger partial charge on any atom is 0.333 e. The van der Waals surface area contributed by atoms with E-state index in [0.717, 1.165) is 6.42 Å². The van der Waals surface area contributed by atoms with Crippen molar-refractivity contribution in [2.75, 3.05) is 11.9 Å². The van der Waals surface area contributed by atoms with E-state index in [9.17, 15) is 20.0 Å². The first-order valence-corrected chi connectivity index (χ1v) is 5.81. The topological polar surface area (TPSA) is 136 Å². The molecule has 19 heavy (non-hydrogen) atoms. The standard InChI is InChI=1S/C10H17N5O4/c1-3-4-14-10(12-5-7(16)9(11)17)8(15(18)19)6(2)13-14/h7,12,16H,3-5H2,1-2H3,(H2,11,17). The van der Waals surface area contributed by atoms with Gasteiger partial charge < -0.3 is 16.2 Å². The van der Waals surface area contributed by atoms with Gasteiger partial charge in [0, 0.05) is 6.54 Å². The second-order valence-corrected chi connectivity index (χ2v) is 4.06. The molecule has 0 aliphatic carbocycles. The van der Waals surface area contributed by atoms with Crippen molar-refractivity contribution in [3.63, 3.8) is 0 Å². The van der Waals surface area contributed by atoms with E-state index in [1.807, 2.05) is 6.92 Å². The van der Waals surface area contributed by atoms with Gasteiger partial charge in [-0.2, -0.15) is 5.10 Å². The lowest BCUT2D eigenvalue weighted by molar-refractivity contribution is -0.384. The average Bonchev–Trinajstić information content (AvgIpc) is 2.62. The molecule has 0 aromatic carbocycles. The highest BCUT2D eigenvalue weighted by Gasteiger charge is 2.25. The van der Waals surface area contributed by atoms with Gasteiger partial charge in [-0.05, 0) is 13.3 Å². The number of nitro groups is 1. The second-order valence-electron chi connectivity index (χ2n) is 4.06. The number of aromatic nitrogens is 2. The lowest BCUT2D eigenvalue weighted by atomic mass is 10.3. The third-order valence-electron chi connectivity index (χ3n) is 2.51. The predicted molar refractivity (Wildman–Crippen MR) is 67.6 cm³/mol. The molecule has 1 amide bonds. The average molecular weight is 271 g/mol. The lowest BCUT2D eigenvalue weighted by Gasteiger charge is -2.10. The summed E-state index contributed by atoms with van der Waals surface area (Å²) in [7, 11) is 0. The fourth-order valence-electron chi connectivity index (χ4n) is 1.63. The SMILES string of the molecule is CCCn1nc(C)c([N+](=O)[O-])c1NCC(O)C(N)=O. The van der Waals surface area contributed by atoms with Crippen LogP contribution in [-0.4, -0.2) is 38.4 Å². The van der Waals surface area contributed by atoms with Gasteiger partial charge in [-0.25, -0.2) is 4.68 Å². The number of amides is 1. The van der Waals surface area contributed by atoms with Crippen LogP contribution in [0.15, 0.2) is 0 Å². The molecule has 0 bridgehead atoms. The molecule has 1 rings (SSSR count). The summed E-state index contributed by atoms with van der Waals surface area (Å²) in [4.78, 5) is 21.2. The Morgan fingerprint density at radius 1 is 1.68 bits per heavy atom. The smallest absolute Gasteiger partial charge is 0.333 e. The van der Waals surface area contributed by atoms with Crippen LogP contribution in [0.2, 0.25) is 0 Å². The molecule has 1 aromatic rings. The Kier molecular flexibility index (Phi) is 4.81. The number of anilines is 1. The Labute approximate surface area is 109 Å². The number of nitrogens with zero attached hydrogens (tertiary/aromatic N) is 3. The molecule has 1 unspecified atom stereocenters. The van der Waals surface area contributed by atoms with E-state index < -0.39 is 16.9 Å². The van der Waals surface area contributed by atoms with Crippen LogP contribution < -0.4 is 11.1 Å². The van der Waals surface area contributed by atoms with E-state index in [0.29, 0.717) is 6.54 Å². The predicted octanol–water partition coefficient (Wildman–Crippen LogP) is -0.232. The van der Waals surface area contributed by atoms with Crippen LogP contribution in [0, 0.1) is 17.0 Å². The number of hydrogen-bond donors (Lipinski definition) is 3. The highest BCUT2D eigenvalue weighted by atomic mass is 16.6. The fourth-order valence-corrected chi connectivity index (χ4v) is 1.63. The summed E-state index contributed by atoms with van der Waals surface area (Å²) in [5.41, 5.74) is 5.03. The first-order chi connectivity index (χ1) is 8.88. The number of aliphatic hydroxyl groups excluding tert-OH is 1. The third kappa shape index (κ3) is 3.41. The summed E-state index contributed by atoms with van der Waals surface area (Å²) in [6.07, 6.45) is -0.671. The quantitative estimate of drug-likeness (QED) is 0.462. The van der Waals surface area contributed by atoms with Crippen LogP contribution in [0.4, 0.5) is 11.5 Å². The molecule has 1 aromatic heterocycles. The number of aliphatic hydroxyl groups is 1. The summed E-state index contributed by atoms with van der Waals surface area (Å²) >= 11 is 0. The van der Waals surface area contributed by atoms with Gasteiger partial charge in [0.25, 0.3) is 0 Å². The lowest BCUT2D eigenvalue weighted by Crippen LogP contribution is -2.34. The summed E-state index contributed by atoms with van der Waals surface area (Å²) in [6, 6.07) is 0. The maximum absolute atomic E-state index is 11.0. The molecule has 4 N–H and O–H groups in total. The van der Waals surface area contributed by atoms with Gasteiger partial charge in [0.05, 0.1) is 11.5 Å². The molecule has 106 valence electrons. The van der Waals surface area contributed by atoms with Crippen LogP contribution in [0.1, 0.15) is 19.0 Å². The van der Waals surface area contributed by atoms with Crippen LogP contribution in [0.3, 0.4) is 0 Å². The van der Waals surface area contributed by atoms with E-state index in [2.05, 4.69) is 10.4 Å². The first kappa shape index (κ1) is 14.9. The van der Waals surface area contributed by atoms with Gasteiger partial charge in [0.2, 0.25) is 11.7 Å². The first-order valence-electron chi connectivity index (χ1n) is 5.81. The molecule has 1 atom stereocenters. The Hall–Kier alpha value is -2.16. The number of primary amides is 1. The van der Waals surface area contributed by atoms with Crippen molar-refractivity contribution in [1.82, 2.24) is 9.78 Å². The molecule has 0 radical (unpaired) electrons.